The molecule has 1 amide bonds. The zero-order valence-electron chi connectivity index (χ0n) is 10.1. The highest BCUT2D eigenvalue weighted by Crippen LogP contribution is 2.35. The Morgan fingerprint density at radius 3 is 2.63 bits per heavy atom. The van der Waals surface area contributed by atoms with Crippen LogP contribution in [0.4, 0.5) is 13.2 Å². The number of hydrogen-bond donors (Lipinski definition) is 2. The molecule has 1 atom stereocenters. The summed E-state index contributed by atoms with van der Waals surface area (Å²) in [5.74, 6) is -0.636. The second-order valence-electron chi connectivity index (χ2n) is 4.09. The second kappa shape index (κ2) is 6.25. The van der Waals surface area contributed by atoms with Gasteiger partial charge in [-0.25, -0.2) is 0 Å². The molecule has 0 radical (unpaired) electrons. The molecular formula is C12H13ClF3NO2. The number of halogens is 4. The van der Waals surface area contributed by atoms with E-state index in [-0.39, 0.29) is 12.1 Å². The summed E-state index contributed by atoms with van der Waals surface area (Å²) >= 11 is 5.45. The van der Waals surface area contributed by atoms with Crippen LogP contribution in [0.15, 0.2) is 18.2 Å². The molecule has 0 saturated carbocycles. The van der Waals surface area contributed by atoms with Gasteiger partial charge in [0.05, 0.1) is 16.7 Å². The zero-order valence-corrected chi connectivity index (χ0v) is 10.8. The van der Waals surface area contributed by atoms with Gasteiger partial charge in [0, 0.05) is 12.1 Å². The topological polar surface area (TPSA) is 49.3 Å². The number of nitrogens with one attached hydrogen (secondary N) is 1. The SMILES string of the molecule is CC(O)CCNC(=O)c1ccc(Cl)c(C(F)(F)F)c1. The fourth-order valence-electron chi connectivity index (χ4n) is 1.38. The molecule has 0 heterocycles. The first kappa shape index (κ1) is 15.8. The lowest BCUT2D eigenvalue weighted by atomic mass is 10.1. The summed E-state index contributed by atoms with van der Waals surface area (Å²) in [6.07, 6.45) is -4.87. The van der Waals surface area contributed by atoms with Gasteiger partial charge >= 0.3 is 6.18 Å². The molecule has 0 saturated heterocycles. The van der Waals surface area contributed by atoms with Crippen molar-refractivity contribution in [1.29, 1.82) is 0 Å². The quantitative estimate of drug-likeness (QED) is 0.897. The van der Waals surface area contributed by atoms with Crippen molar-refractivity contribution < 1.29 is 23.1 Å². The van der Waals surface area contributed by atoms with Crippen LogP contribution in [0, 0.1) is 0 Å². The van der Waals surface area contributed by atoms with Gasteiger partial charge in [-0.15, -0.1) is 0 Å². The van der Waals surface area contributed by atoms with Crippen molar-refractivity contribution >= 4 is 17.5 Å². The molecule has 1 unspecified atom stereocenters. The predicted molar refractivity (Wildman–Crippen MR) is 65.1 cm³/mol. The number of alkyl halides is 3. The number of rotatable bonds is 4. The first-order valence-corrected chi connectivity index (χ1v) is 5.92. The smallest absolute Gasteiger partial charge is 0.393 e. The van der Waals surface area contributed by atoms with E-state index in [1.165, 1.54) is 6.07 Å². The van der Waals surface area contributed by atoms with E-state index in [9.17, 15) is 18.0 Å². The van der Waals surface area contributed by atoms with E-state index in [0.29, 0.717) is 12.5 Å². The van der Waals surface area contributed by atoms with Crippen molar-refractivity contribution in [3.05, 3.63) is 34.3 Å². The summed E-state index contributed by atoms with van der Waals surface area (Å²) in [6, 6.07) is 2.96. The highest BCUT2D eigenvalue weighted by atomic mass is 35.5. The second-order valence-corrected chi connectivity index (χ2v) is 4.49. The van der Waals surface area contributed by atoms with Crippen LogP contribution in [0.3, 0.4) is 0 Å². The number of carbonyl (C=O) groups is 1. The maximum Gasteiger partial charge on any atom is 0.417 e. The van der Waals surface area contributed by atoms with Crippen molar-refractivity contribution in [2.24, 2.45) is 0 Å². The van der Waals surface area contributed by atoms with Crippen LogP contribution in [0.25, 0.3) is 0 Å². The molecule has 19 heavy (non-hydrogen) atoms. The summed E-state index contributed by atoms with van der Waals surface area (Å²) in [5.41, 5.74) is -1.17. The third-order valence-electron chi connectivity index (χ3n) is 2.38. The lowest BCUT2D eigenvalue weighted by molar-refractivity contribution is -0.137. The fraction of sp³-hybridized carbons (Fsp3) is 0.417. The Kier molecular flexibility index (Phi) is 5.20. The number of benzene rings is 1. The molecule has 0 aromatic heterocycles. The Morgan fingerprint density at radius 1 is 1.47 bits per heavy atom. The maximum atomic E-state index is 12.6. The molecule has 0 fully saturated rings. The molecule has 106 valence electrons. The van der Waals surface area contributed by atoms with Crippen LogP contribution in [-0.2, 0) is 6.18 Å². The highest BCUT2D eigenvalue weighted by Gasteiger charge is 2.33. The van der Waals surface area contributed by atoms with Gasteiger partial charge in [0.15, 0.2) is 0 Å². The standard InChI is InChI=1S/C12H13ClF3NO2/c1-7(18)4-5-17-11(19)8-2-3-10(13)9(6-8)12(14,15)16/h2-3,6-7,18H,4-5H2,1H3,(H,17,19). The molecule has 0 aliphatic heterocycles. The Labute approximate surface area is 113 Å². The van der Waals surface area contributed by atoms with Crippen LogP contribution in [0.1, 0.15) is 29.3 Å². The molecule has 7 heteroatoms. The lowest BCUT2D eigenvalue weighted by Gasteiger charge is -2.11. The number of hydrogen-bond acceptors (Lipinski definition) is 2. The van der Waals surface area contributed by atoms with Crippen LogP contribution in [0.2, 0.25) is 5.02 Å². The summed E-state index contributed by atoms with van der Waals surface area (Å²) < 4.78 is 37.8. The predicted octanol–water partition coefficient (Wildman–Crippen LogP) is 2.86. The average molecular weight is 296 g/mol. The third-order valence-corrected chi connectivity index (χ3v) is 2.71. The van der Waals surface area contributed by atoms with Crippen LogP contribution >= 0.6 is 11.6 Å². The van der Waals surface area contributed by atoms with E-state index in [0.717, 1.165) is 6.07 Å². The van der Waals surface area contributed by atoms with E-state index in [2.05, 4.69) is 5.32 Å². The van der Waals surface area contributed by atoms with Gasteiger partial charge < -0.3 is 10.4 Å². The molecule has 3 nitrogen and oxygen atoms in total. The van der Waals surface area contributed by atoms with Gasteiger partial charge in [0.2, 0.25) is 0 Å². The minimum absolute atomic E-state index is 0.123. The van der Waals surface area contributed by atoms with Crippen molar-refractivity contribution in [3.63, 3.8) is 0 Å². The largest absolute Gasteiger partial charge is 0.417 e. The van der Waals surface area contributed by atoms with Gasteiger partial charge in [-0.3, -0.25) is 4.79 Å². The first-order chi connectivity index (χ1) is 8.71. The highest BCUT2D eigenvalue weighted by molar-refractivity contribution is 6.31. The molecule has 0 aliphatic rings. The Bertz CT molecular complexity index is 461. The van der Waals surface area contributed by atoms with Gasteiger partial charge in [0.1, 0.15) is 0 Å². The fourth-order valence-corrected chi connectivity index (χ4v) is 1.61. The van der Waals surface area contributed by atoms with Crippen molar-refractivity contribution in [2.75, 3.05) is 6.54 Å². The van der Waals surface area contributed by atoms with Crippen molar-refractivity contribution in [1.82, 2.24) is 5.32 Å². The molecule has 1 aromatic rings. The van der Waals surface area contributed by atoms with E-state index in [1.807, 2.05) is 0 Å². The zero-order chi connectivity index (χ0) is 14.6. The van der Waals surface area contributed by atoms with E-state index in [1.54, 1.807) is 6.92 Å². The molecule has 1 rings (SSSR count). The molecule has 1 aromatic carbocycles. The van der Waals surface area contributed by atoms with Crippen molar-refractivity contribution in [3.8, 4) is 0 Å². The van der Waals surface area contributed by atoms with Gasteiger partial charge in [-0.2, -0.15) is 13.2 Å². The first-order valence-electron chi connectivity index (χ1n) is 5.55. The van der Waals surface area contributed by atoms with E-state index in [4.69, 9.17) is 16.7 Å². The lowest BCUT2D eigenvalue weighted by Crippen LogP contribution is -2.26. The Balaban J connectivity index is 2.82. The van der Waals surface area contributed by atoms with Crippen LogP contribution < -0.4 is 5.32 Å². The summed E-state index contributed by atoms with van der Waals surface area (Å²) in [6.45, 7) is 1.73. The van der Waals surface area contributed by atoms with Gasteiger partial charge in [-0.1, -0.05) is 11.6 Å². The van der Waals surface area contributed by atoms with Crippen LogP contribution in [-0.4, -0.2) is 23.7 Å². The number of aliphatic hydroxyl groups is 1. The minimum atomic E-state index is -4.60. The summed E-state index contributed by atoms with van der Waals surface area (Å²) in [5, 5.41) is 11.0. The summed E-state index contributed by atoms with van der Waals surface area (Å²) in [4.78, 5) is 11.6. The molecular weight excluding hydrogens is 283 g/mol. The molecule has 0 bridgehead atoms. The molecule has 0 spiro atoms. The average Bonchev–Trinajstić information content (AvgIpc) is 2.27. The Hall–Kier alpha value is -1.27. The minimum Gasteiger partial charge on any atom is -0.393 e. The van der Waals surface area contributed by atoms with Gasteiger partial charge in [0.25, 0.3) is 5.91 Å². The maximum absolute atomic E-state index is 12.6. The van der Waals surface area contributed by atoms with Crippen LogP contribution in [0.5, 0.6) is 0 Å². The molecule has 2 N–H and O–H groups in total. The number of carbonyl (C=O) groups excluding carboxylic acids is 1. The molecule has 0 aliphatic carbocycles. The van der Waals surface area contributed by atoms with E-state index < -0.39 is 28.8 Å². The monoisotopic (exact) mass is 295 g/mol. The third kappa shape index (κ3) is 4.72. The van der Waals surface area contributed by atoms with Gasteiger partial charge in [-0.05, 0) is 31.5 Å². The van der Waals surface area contributed by atoms with E-state index >= 15 is 0 Å². The normalized spacial score (nSPS) is 13.2. The summed E-state index contributed by atoms with van der Waals surface area (Å²) in [7, 11) is 0. The number of aliphatic hydroxyl groups excluding tert-OH is 1. The van der Waals surface area contributed by atoms with Crippen molar-refractivity contribution in [2.45, 2.75) is 25.6 Å². The number of amides is 1. The Morgan fingerprint density at radius 2 is 2.11 bits per heavy atom.